The topological polar surface area (TPSA) is 37.4 Å². The van der Waals surface area contributed by atoms with Crippen molar-refractivity contribution in [2.24, 2.45) is 5.92 Å². The molecule has 1 aromatic carbocycles. The van der Waals surface area contributed by atoms with Gasteiger partial charge >= 0.3 is 6.18 Å². The fourth-order valence-corrected chi connectivity index (χ4v) is 3.38. The molecule has 1 atom stereocenters. The van der Waals surface area contributed by atoms with E-state index in [1.54, 1.807) is 11.0 Å². The third kappa shape index (κ3) is 4.99. The number of hydrogen-bond acceptors (Lipinski definition) is 3. The molecule has 126 valence electrons. The van der Waals surface area contributed by atoms with Gasteiger partial charge in [0.1, 0.15) is 0 Å². The Kier molecular flexibility index (Phi) is 5.73. The monoisotopic (exact) mass is 345 g/mol. The standard InChI is InChI=1S/C16H18F3NO2S/c1-11(21)23-10-12-8-15(22)20(9-12)7-6-13-4-2-3-5-14(13)16(17,18)19/h2-5,12H,6-10H2,1H3. The number of amides is 1. The molecular formula is C16H18F3NO2S. The Balaban J connectivity index is 1.94. The van der Waals surface area contributed by atoms with Crippen molar-refractivity contribution in [1.82, 2.24) is 4.90 Å². The summed E-state index contributed by atoms with van der Waals surface area (Å²) in [5.41, 5.74) is -0.440. The van der Waals surface area contributed by atoms with Crippen LogP contribution in [-0.2, 0) is 22.2 Å². The number of rotatable bonds is 5. The summed E-state index contributed by atoms with van der Waals surface area (Å²) in [6, 6.07) is 5.45. The van der Waals surface area contributed by atoms with Gasteiger partial charge in [0, 0.05) is 32.2 Å². The maximum Gasteiger partial charge on any atom is 0.416 e. The summed E-state index contributed by atoms with van der Waals surface area (Å²) >= 11 is 1.19. The second-order valence-electron chi connectivity index (χ2n) is 5.62. The molecule has 7 heteroatoms. The number of thioether (sulfide) groups is 1. The van der Waals surface area contributed by atoms with Crippen molar-refractivity contribution in [1.29, 1.82) is 0 Å². The molecule has 1 aliphatic heterocycles. The van der Waals surface area contributed by atoms with Gasteiger partial charge in [-0.15, -0.1) is 0 Å². The molecule has 2 rings (SSSR count). The maximum absolute atomic E-state index is 12.9. The molecule has 0 radical (unpaired) electrons. The second-order valence-corrected chi connectivity index (χ2v) is 6.81. The number of hydrogen-bond donors (Lipinski definition) is 0. The number of benzene rings is 1. The van der Waals surface area contributed by atoms with Crippen molar-refractivity contribution < 1.29 is 22.8 Å². The number of carbonyl (C=O) groups excluding carboxylic acids is 2. The Morgan fingerprint density at radius 3 is 2.70 bits per heavy atom. The number of alkyl halides is 3. The molecule has 1 unspecified atom stereocenters. The second kappa shape index (κ2) is 7.38. The molecule has 1 aromatic rings. The van der Waals surface area contributed by atoms with Gasteiger partial charge in [-0.1, -0.05) is 30.0 Å². The van der Waals surface area contributed by atoms with Gasteiger partial charge in [-0.2, -0.15) is 13.2 Å². The largest absolute Gasteiger partial charge is 0.416 e. The van der Waals surface area contributed by atoms with E-state index >= 15 is 0 Å². The van der Waals surface area contributed by atoms with Gasteiger partial charge in [0.25, 0.3) is 0 Å². The Labute approximate surface area is 137 Å². The molecular weight excluding hydrogens is 327 g/mol. The Hall–Kier alpha value is -1.50. The van der Waals surface area contributed by atoms with E-state index in [2.05, 4.69) is 0 Å². The van der Waals surface area contributed by atoms with Crippen LogP contribution in [0.15, 0.2) is 24.3 Å². The predicted molar refractivity (Wildman–Crippen MR) is 83.0 cm³/mol. The van der Waals surface area contributed by atoms with Crippen molar-refractivity contribution in [2.75, 3.05) is 18.8 Å². The van der Waals surface area contributed by atoms with E-state index in [0.717, 1.165) is 6.07 Å². The summed E-state index contributed by atoms with van der Waals surface area (Å²) in [4.78, 5) is 24.5. The lowest BCUT2D eigenvalue weighted by molar-refractivity contribution is -0.138. The minimum atomic E-state index is -4.38. The average molecular weight is 345 g/mol. The van der Waals surface area contributed by atoms with Gasteiger partial charge in [-0.3, -0.25) is 9.59 Å². The van der Waals surface area contributed by atoms with Gasteiger partial charge in [-0.25, -0.2) is 0 Å². The summed E-state index contributed by atoms with van der Waals surface area (Å²) in [5, 5.41) is 0.00926. The highest BCUT2D eigenvalue weighted by Crippen LogP contribution is 2.32. The third-order valence-corrected chi connectivity index (χ3v) is 4.84. The molecule has 1 heterocycles. The fraction of sp³-hybridized carbons (Fsp3) is 0.500. The van der Waals surface area contributed by atoms with Crippen LogP contribution in [0.2, 0.25) is 0 Å². The number of likely N-dealkylation sites (tertiary alicyclic amines) is 1. The van der Waals surface area contributed by atoms with Crippen LogP contribution >= 0.6 is 11.8 Å². The Morgan fingerprint density at radius 2 is 2.04 bits per heavy atom. The SMILES string of the molecule is CC(=O)SCC1CC(=O)N(CCc2ccccc2C(F)(F)F)C1. The Morgan fingerprint density at radius 1 is 1.35 bits per heavy atom. The zero-order valence-corrected chi connectivity index (χ0v) is 13.5. The van der Waals surface area contributed by atoms with Crippen LogP contribution in [0.25, 0.3) is 0 Å². The number of carbonyl (C=O) groups is 2. The van der Waals surface area contributed by atoms with Crippen molar-refractivity contribution in [3.05, 3.63) is 35.4 Å². The fourth-order valence-electron chi connectivity index (χ4n) is 2.69. The minimum absolute atomic E-state index is 0.00926. The predicted octanol–water partition coefficient (Wildman–Crippen LogP) is 3.38. The first-order valence-corrected chi connectivity index (χ1v) is 8.32. The van der Waals surface area contributed by atoms with Gasteiger partial charge in [0.2, 0.25) is 5.91 Å². The van der Waals surface area contributed by atoms with Crippen molar-refractivity contribution in [3.63, 3.8) is 0 Å². The first-order chi connectivity index (χ1) is 10.8. The van der Waals surface area contributed by atoms with Crippen molar-refractivity contribution in [3.8, 4) is 0 Å². The molecule has 0 bridgehead atoms. The molecule has 1 aliphatic rings. The highest BCUT2D eigenvalue weighted by molar-refractivity contribution is 8.13. The van der Waals surface area contributed by atoms with Crippen molar-refractivity contribution >= 4 is 22.8 Å². The zero-order chi connectivity index (χ0) is 17.0. The Bertz CT molecular complexity index is 589. The summed E-state index contributed by atoms with van der Waals surface area (Å²) in [6.45, 7) is 2.26. The molecule has 1 amide bonds. The summed E-state index contributed by atoms with van der Waals surface area (Å²) < 4.78 is 38.8. The van der Waals surface area contributed by atoms with E-state index in [9.17, 15) is 22.8 Å². The van der Waals surface area contributed by atoms with E-state index in [1.807, 2.05) is 0 Å². The third-order valence-electron chi connectivity index (χ3n) is 3.79. The van der Waals surface area contributed by atoms with E-state index in [0.29, 0.717) is 18.7 Å². The summed E-state index contributed by atoms with van der Waals surface area (Å²) in [6.07, 6.45) is -3.85. The summed E-state index contributed by atoms with van der Waals surface area (Å²) in [7, 11) is 0. The van der Waals surface area contributed by atoms with Crippen LogP contribution in [0.1, 0.15) is 24.5 Å². The zero-order valence-electron chi connectivity index (χ0n) is 12.7. The molecule has 1 saturated heterocycles. The molecule has 0 N–H and O–H groups in total. The lowest BCUT2D eigenvalue weighted by Crippen LogP contribution is -2.28. The van der Waals surface area contributed by atoms with Crippen LogP contribution in [0.5, 0.6) is 0 Å². The van der Waals surface area contributed by atoms with Crippen LogP contribution < -0.4 is 0 Å². The van der Waals surface area contributed by atoms with E-state index < -0.39 is 11.7 Å². The van der Waals surface area contributed by atoms with Crippen LogP contribution in [-0.4, -0.2) is 34.8 Å². The van der Waals surface area contributed by atoms with Gasteiger partial charge in [-0.05, 0) is 24.0 Å². The molecule has 23 heavy (non-hydrogen) atoms. The van der Waals surface area contributed by atoms with E-state index in [-0.39, 0.29) is 35.5 Å². The molecule has 0 saturated carbocycles. The van der Waals surface area contributed by atoms with Crippen LogP contribution in [0.3, 0.4) is 0 Å². The quantitative estimate of drug-likeness (QED) is 0.821. The first kappa shape index (κ1) is 17.8. The molecule has 1 fully saturated rings. The smallest absolute Gasteiger partial charge is 0.342 e. The van der Waals surface area contributed by atoms with Gasteiger partial charge in [0.15, 0.2) is 5.12 Å². The van der Waals surface area contributed by atoms with Gasteiger partial charge < -0.3 is 4.90 Å². The van der Waals surface area contributed by atoms with E-state index in [1.165, 1.54) is 30.8 Å². The number of nitrogens with zero attached hydrogens (tertiary/aromatic N) is 1. The molecule has 0 spiro atoms. The molecule has 0 aliphatic carbocycles. The average Bonchev–Trinajstić information content (AvgIpc) is 2.82. The lowest BCUT2D eigenvalue weighted by atomic mass is 10.0. The molecule has 3 nitrogen and oxygen atoms in total. The minimum Gasteiger partial charge on any atom is -0.342 e. The van der Waals surface area contributed by atoms with Crippen LogP contribution in [0.4, 0.5) is 13.2 Å². The normalized spacial score (nSPS) is 18.5. The number of halogens is 3. The van der Waals surface area contributed by atoms with Crippen molar-refractivity contribution in [2.45, 2.75) is 25.9 Å². The summed E-state index contributed by atoms with van der Waals surface area (Å²) in [5.74, 6) is 0.620. The highest BCUT2D eigenvalue weighted by atomic mass is 32.2. The first-order valence-electron chi connectivity index (χ1n) is 7.33. The lowest BCUT2D eigenvalue weighted by Gasteiger charge is -2.18. The van der Waals surface area contributed by atoms with Crippen LogP contribution in [0, 0.1) is 5.92 Å². The van der Waals surface area contributed by atoms with Gasteiger partial charge in [0.05, 0.1) is 5.56 Å². The maximum atomic E-state index is 12.9. The van der Waals surface area contributed by atoms with E-state index in [4.69, 9.17) is 0 Å². The highest BCUT2D eigenvalue weighted by Gasteiger charge is 2.34. The molecule has 0 aromatic heterocycles.